The Balaban J connectivity index is 1.85. The second-order valence-corrected chi connectivity index (χ2v) is 6.79. The molecule has 104 valence electrons. The highest BCUT2D eigenvalue weighted by Crippen LogP contribution is 2.42. The van der Waals surface area contributed by atoms with Gasteiger partial charge in [-0.3, -0.25) is 4.90 Å². The van der Waals surface area contributed by atoms with Gasteiger partial charge in [0, 0.05) is 19.1 Å². The number of ether oxygens (including phenoxy) is 1. The summed E-state index contributed by atoms with van der Waals surface area (Å²) in [4.78, 5) is 13.0. The van der Waals surface area contributed by atoms with Crippen LogP contribution < -0.4 is 0 Å². The number of hydrogen-bond acceptors (Lipinski definition) is 3. The molecule has 0 aromatic carbocycles. The third-order valence-corrected chi connectivity index (χ3v) is 4.51. The molecule has 1 aliphatic carbocycles. The van der Waals surface area contributed by atoms with Crippen molar-refractivity contribution in [3.63, 3.8) is 0 Å². The van der Waals surface area contributed by atoms with Crippen LogP contribution >= 0.6 is 0 Å². The maximum atomic E-state index is 10.5. The van der Waals surface area contributed by atoms with Crippen LogP contribution in [0.25, 0.3) is 0 Å². The van der Waals surface area contributed by atoms with E-state index in [9.17, 15) is 4.79 Å². The van der Waals surface area contributed by atoms with Crippen molar-refractivity contribution < 1.29 is 14.6 Å². The van der Waals surface area contributed by atoms with Crippen LogP contribution in [0.15, 0.2) is 0 Å². The molecule has 2 fully saturated rings. The minimum Gasteiger partial charge on any atom is -0.480 e. The average molecular weight is 255 g/mol. The molecule has 0 amide bonds. The van der Waals surface area contributed by atoms with Crippen molar-refractivity contribution in [1.29, 1.82) is 0 Å². The van der Waals surface area contributed by atoms with Crippen LogP contribution in [0.3, 0.4) is 0 Å². The molecule has 1 heterocycles. The molecule has 2 rings (SSSR count). The highest BCUT2D eigenvalue weighted by atomic mass is 16.5. The van der Waals surface area contributed by atoms with E-state index in [0.29, 0.717) is 11.5 Å². The lowest BCUT2D eigenvalue weighted by Gasteiger charge is -2.56. The van der Waals surface area contributed by atoms with Crippen LogP contribution in [0.2, 0.25) is 0 Å². The molecule has 0 aromatic heterocycles. The van der Waals surface area contributed by atoms with Crippen molar-refractivity contribution in [2.24, 2.45) is 5.41 Å². The summed E-state index contributed by atoms with van der Waals surface area (Å²) in [5, 5.41) is 8.66. The van der Waals surface area contributed by atoms with Gasteiger partial charge in [0.15, 0.2) is 0 Å². The SMILES string of the molecule is CC1(OCC(=O)O)CN(C2CCCCC2(C)C)C1. The first-order valence-electron chi connectivity index (χ1n) is 6.92. The molecule has 4 nitrogen and oxygen atoms in total. The van der Waals surface area contributed by atoms with Gasteiger partial charge in [0.05, 0.1) is 5.60 Å². The van der Waals surface area contributed by atoms with Crippen molar-refractivity contribution in [2.75, 3.05) is 19.7 Å². The topological polar surface area (TPSA) is 49.8 Å². The average Bonchev–Trinajstić information content (AvgIpc) is 2.22. The summed E-state index contributed by atoms with van der Waals surface area (Å²) in [6.45, 7) is 8.28. The molecule has 0 bridgehead atoms. The van der Waals surface area contributed by atoms with Gasteiger partial charge < -0.3 is 9.84 Å². The highest BCUT2D eigenvalue weighted by molar-refractivity contribution is 5.68. The Labute approximate surface area is 109 Å². The number of aliphatic carboxylic acids is 1. The first-order valence-corrected chi connectivity index (χ1v) is 6.92. The number of carboxylic acid groups (broad SMARTS) is 1. The normalized spacial score (nSPS) is 30.7. The van der Waals surface area contributed by atoms with E-state index in [0.717, 1.165) is 13.1 Å². The number of rotatable bonds is 4. The first-order chi connectivity index (χ1) is 8.32. The zero-order valence-electron chi connectivity index (χ0n) is 11.7. The minimum atomic E-state index is -0.882. The summed E-state index contributed by atoms with van der Waals surface area (Å²) >= 11 is 0. The predicted octanol–water partition coefficient (Wildman–Crippen LogP) is 2.13. The lowest BCUT2D eigenvalue weighted by molar-refractivity contribution is -0.178. The Bertz CT molecular complexity index is 321. The summed E-state index contributed by atoms with van der Waals surface area (Å²) in [5.41, 5.74) is 0.123. The molecule has 1 saturated carbocycles. The van der Waals surface area contributed by atoms with Crippen molar-refractivity contribution >= 4 is 5.97 Å². The second kappa shape index (κ2) is 4.82. The van der Waals surface area contributed by atoms with Crippen LogP contribution in [0.4, 0.5) is 0 Å². The summed E-state index contributed by atoms with van der Waals surface area (Å²) in [5.74, 6) is -0.882. The van der Waals surface area contributed by atoms with E-state index < -0.39 is 5.97 Å². The Hall–Kier alpha value is -0.610. The molecule has 1 unspecified atom stereocenters. The molecular weight excluding hydrogens is 230 g/mol. The van der Waals surface area contributed by atoms with Gasteiger partial charge in [0.2, 0.25) is 0 Å². The number of nitrogens with zero attached hydrogens (tertiary/aromatic N) is 1. The number of hydrogen-bond donors (Lipinski definition) is 1. The third-order valence-electron chi connectivity index (χ3n) is 4.51. The van der Waals surface area contributed by atoms with Gasteiger partial charge in [-0.2, -0.15) is 0 Å². The fourth-order valence-corrected chi connectivity index (χ4v) is 3.51. The van der Waals surface area contributed by atoms with E-state index in [1.54, 1.807) is 0 Å². The molecular formula is C14H25NO3. The standard InChI is InChI=1S/C14H25NO3/c1-13(2)7-5-4-6-11(13)15-9-14(3,10-15)18-8-12(16)17/h11H,4-10H2,1-3H3,(H,16,17). The molecule has 2 aliphatic rings. The van der Waals surface area contributed by atoms with Crippen LogP contribution in [-0.4, -0.2) is 47.3 Å². The fourth-order valence-electron chi connectivity index (χ4n) is 3.51. The molecule has 1 saturated heterocycles. The smallest absolute Gasteiger partial charge is 0.329 e. The predicted molar refractivity (Wildman–Crippen MR) is 69.6 cm³/mol. The fraction of sp³-hybridized carbons (Fsp3) is 0.929. The van der Waals surface area contributed by atoms with Gasteiger partial charge >= 0.3 is 5.97 Å². The van der Waals surface area contributed by atoms with Crippen LogP contribution in [0.5, 0.6) is 0 Å². The molecule has 0 radical (unpaired) electrons. The molecule has 1 aliphatic heterocycles. The summed E-state index contributed by atoms with van der Waals surface area (Å²) in [6, 6.07) is 0.632. The van der Waals surface area contributed by atoms with Gasteiger partial charge in [-0.15, -0.1) is 0 Å². The second-order valence-electron chi connectivity index (χ2n) is 6.79. The quantitative estimate of drug-likeness (QED) is 0.836. The monoisotopic (exact) mass is 255 g/mol. The van der Waals surface area contributed by atoms with E-state index in [2.05, 4.69) is 18.7 Å². The molecule has 1 atom stereocenters. The number of carboxylic acids is 1. The van der Waals surface area contributed by atoms with Gasteiger partial charge in [-0.25, -0.2) is 4.79 Å². The van der Waals surface area contributed by atoms with Gasteiger partial charge in [-0.1, -0.05) is 26.7 Å². The first kappa shape index (κ1) is 13.8. The van der Waals surface area contributed by atoms with Crippen LogP contribution in [0, 0.1) is 5.41 Å². The van der Waals surface area contributed by atoms with Gasteiger partial charge in [-0.05, 0) is 25.2 Å². The van der Waals surface area contributed by atoms with Crippen molar-refractivity contribution in [2.45, 2.75) is 58.1 Å². The van der Waals surface area contributed by atoms with Crippen LogP contribution in [-0.2, 0) is 9.53 Å². The van der Waals surface area contributed by atoms with E-state index in [4.69, 9.17) is 9.84 Å². The van der Waals surface area contributed by atoms with E-state index in [1.807, 2.05) is 6.92 Å². The highest BCUT2D eigenvalue weighted by Gasteiger charge is 2.47. The molecule has 1 N–H and O–H groups in total. The van der Waals surface area contributed by atoms with E-state index >= 15 is 0 Å². The van der Waals surface area contributed by atoms with E-state index in [-0.39, 0.29) is 12.2 Å². The lowest BCUT2D eigenvalue weighted by Crippen LogP contribution is -2.67. The van der Waals surface area contributed by atoms with Crippen molar-refractivity contribution in [1.82, 2.24) is 4.90 Å². The number of likely N-dealkylation sites (tertiary alicyclic amines) is 1. The Kier molecular flexibility index (Phi) is 3.70. The zero-order chi connectivity index (χ0) is 13.4. The molecule has 0 aromatic rings. The summed E-state index contributed by atoms with van der Waals surface area (Å²) in [6.07, 6.45) is 5.21. The zero-order valence-corrected chi connectivity index (χ0v) is 11.7. The lowest BCUT2D eigenvalue weighted by atomic mass is 9.71. The summed E-state index contributed by atoms with van der Waals surface area (Å²) in [7, 11) is 0. The number of carbonyl (C=O) groups is 1. The largest absolute Gasteiger partial charge is 0.480 e. The van der Waals surface area contributed by atoms with E-state index in [1.165, 1.54) is 25.7 Å². The third kappa shape index (κ3) is 2.86. The Morgan fingerprint density at radius 3 is 2.56 bits per heavy atom. The van der Waals surface area contributed by atoms with Crippen LogP contribution in [0.1, 0.15) is 46.5 Å². The van der Waals surface area contributed by atoms with Gasteiger partial charge in [0.1, 0.15) is 6.61 Å². The maximum absolute atomic E-state index is 10.5. The Morgan fingerprint density at radius 1 is 1.33 bits per heavy atom. The molecule has 0 spiro atoms. The Morgan fingerprint density at radius 2 is 2.00 bits per heavy atom. The van der Waals surface area contributed by atoms with Crippen molar-refractivity contribution in [3.8, 4) is 0 Å². The van der Waals surface area contributed by atoms with Crippen molar-refractivity contribution in [3.05, 3.63) is 0 Å². The van der Waals surface area contributed by atoms with Gasteiger partial charge in [0.25, 0.3) is 0 Å². The minimum absolute atomic E-state index is 0.182. The summed E-state index contributed by atoms with van der Waals surface area (Å²) < 4.78 is 5.47. The molecule has 18 heavy (non-hydrogen) atoms. The molecule has 4 heteroatoms. The maximum Gasteiger partial charge on any atom is 0.329 e.